The molecule has 0 radical (unpaired) electrons. The molecule has 0 unspecified atom stereocenters. The van der Waals surface area contributed by atoms with E-state index in [1.54, 1.807) is 16.6 Å². The lowest BCUT2D eigenvalue weighted by Gasteiger charge is -2.26. The average molecular weight is 447 g/mol. The largest absolute Gasteiger partial charge is 0.384 e. The highest BCUT2D eigenvalue weighted by Gasteiger charge is 2.21. The first-order valence-corrected chi connectivity index (χ1v) is 10.5. The van der Waals surface area contributed by atoms with Crippen molar-refractivity contribution >= 4 is 17.2 Å². The standard InChI is InChI=1S/C25H24F2N6/c1-3-16-8-7-11-18(12-16)33(22-14-20(26)19(24(28)29)13-21(22)27)15-23-30-25(31-32(23)2)17-9-5-4-6-10-17/h4-14H,3,15H2,1-2H3,(H3,28,29). The maximum Gasteiger partial charge on any atom is 0.181 e. The second-order valence-corrected chi connectivity index (χ2v) is 7.65. The third-order valence-corrected chi connectivity index (χ3v) is 5.43. The first-order valence-electron chi connectivity index (χ1n) is 10.5. The Bertz CT molecular complexity index is 1300. The SMILES string of the molecule is CCc1cccc(N(Cc2nc(-c3ccccc3)nn2C)c2cc(F)c(C(=N)N)cc2F)c1. The van der Waals surface area contributed by atoms with Gasteiger partial charge in [-0.05, 0) is 30.2 Å². The van der Waals surface area contributed by atoms with Gasteiger partial charge in [-0.3, -0.25) is 10.1 Å². The summed E-state index contributed by atoms with van der Waals surface area (Å²) in [4.78, 5) is 6.30. The predicted molar refractivity (Wildman–Crippen MR) is 125 cm³/mol. The van der Waals surface area contributed by atoms with Gasteiger partial charge in [0, 0.05) is 24.4 Å². The number of aromatic nitrogens is 3. The van der Waals surface area contributed by atoms with Gasteiger partial charge < -0.3 is 10.6 Å². The smallest absolute Gasteiger partial charge is 0.181 e. The highest BCUT2D eigenvalue weighted by atomic mass is 19.1. The third kappa shape index (κ3) is 4.59. The van der Waals surface area contributed by atoms with E-state index in [9.17, 15) is 4.39 Å². The second kappa shape index (κ2) is 9.20. The van der Waals surface area contributed by atoms with Crippen LogP contribution in [-0.2, 0) is 20.0 Å². The lowest BCUT2D eigenvalue weighted by molar-refractivity contribution is 0.593. The molecule has 33 heavy (non-hydrogen) atoms. The number of rotatable bonds is 7. The van der Waals surface area contributed by atoms with Gasteiger partial charge in [0.25, 0.3) is 0 Å². The molecule has 0 aliphatic rings. The summed E-state index contributed by atoms with van der Waals surface area (Å²) in [7, 11) is 1.77. The minimum Gasteiger partial charge on any atom is -0.384 e. The molecular weight excluding hydrogens is 422 g/mol. The number of aryl methyl sites for hydroxylation is 2. The van der Waals surface area contributed by atoms with Gasteiger partial charge in [0.1, 0.15) is 23.3 Å². The number of nitrogens with zero attached hydrogens (tertiary/aromatic N) is 4. The van der Waals surface area contributed by atoms with E-state index in [4.69, 9.17) is 11.1 Å². The molecule has 4 rings (SSSR count). The lowest BCUT2D eigenvalue weighted by atomic mass is 10.1. The number of hydrogen-bond donors (Lipinski definition) is 2. The van der Waals surface area contributed by atoms with Crippen LogP contribution in [0.15, 0.2) is 66.7 Å². The molecule has 0 saturated heterocycles. The topological polar surface area (TPSA) is 83.8 Å². The van der Waals surface area contributed by atoms with Crippen LogP contribution in [0.5, 0.6) is 0 Å². The Morgan fingerprint density at radius 1 is 1.03 bits per heavy atom. The maximum atomic E-state index is 15.2. The normalized spacial score (nSPS) is 10.9. The molecule has 0 bridgehead atoms. The summed E-state index contributed by atoms with van der Waals surface area (Å²) in [5, 5.41) is 12.0. The monoisotopic (exact) mass is 446 g/mol. The molecule has 1 heterocycles. The van der Waals surface area contributed by atoms with Crippen LogP contribution in [0.4, 0.5) is 20.2 Å². The van der Waals surface area contributed by atoms with Gasteiger partial charge in [0.05, 0.1) is 17.8 Å². The molecule has 4 aromatic rings. The molecule has 8 heteroatoms. The number of nitrogen functional groups attached to an aromatic ring is 1. The molecule has 0 aliphatic heterocycles. The number of nitrogens with one attached hydrogen (secondary N) is 1. The third-order valence-electron chi connectivity index (χ3n) is 5.43. The number of amidine groups is 1. The summed E-state index contributed by atoms with van der Waals surface area (Å²) in [5.74, 6) is -0.856. The molecule has 0 spiro atoms. The molecule has 0 atom stereocenters. The van der Waals surface area contributed by atoms with E-state index in [-0.39, 0.29) is 17.8 Å². The molecule has 6 nitrogen and oxygen atoms in total. The van der Waals surface area contributed by atoms with Gasteiger partial charge in [-0.25, -0.2) is 13.8 Å². The van der Waals surface area contributed by atoms with Crippen molar-refractivity contribution < 1.29 is 8.78 Å². The van der Waals surface area contributed by atoms with Crippen molar-refractivity contribution in [3.05, 3.63) is 95.3 Å². The van der Waals surface area contributed by atoms with Gasteiger partial charge in [-0.1, -0.05) is 49.4 Å². The van der Waals surface area contributed by atoms with Gasteiger partial charge in [0.2, 0.25) is 0 Å². The van der Waals surface area contributed by atoms with E-state index in [2.05, 4.69) is 10.1 Å². The van der Waals surface area contributed by atoms with Gasteiger partial charge in [0.15, 0.2) is 5.82 Å². The van der Waals surface area contributed by atoms with Crippen LogP contribution in [0.2, 0.25) is 0 Å². The van der Waals surface area contributed by atoms with Crippen LogP contribution in [0.1, 0.15) is 23.9 Å². The van der Waals surface area contributed by atoms with E-state index in [0.29, 0.717) is 17.3 Å². The molecule has 3 aromatic carbocycles. The molecule has 1 aromatic heterocycles. The fraction of sp³-hybridized carbons (Fsp3) is 0.160. The maximum absolute atomic E-state index is 15.2. The summed E-state index contributed by atoms with van der Waals surface area (Å²) in [5.41, 5.74) is 7.76. The summed E-state index contributed by atoms with van der Waals surface area (Å²) >= 11 is 0. The van der Waals surface area contributed by atoms with E-state index in [1.807, 2.05) is 61.5 Å². The Morgan fingerprint density at radius 2 is 1.79 bits per heavy atom. The first-order chi connectivity index (χ1) is 15.9. The van der Waals surface area contributed by atoms with Crippen LogP contribution < -0.4 is 10.6 Å². The van der Waals surface area contributed by atoms with Crippen LogP contribution in [0.25, 0.3) is 11.4 Å². The molecular formula is C25H24F2N6. The number of halogens is 2. The minimum atomic E-state index is -0.765. The van der Waals surface area contributed by atoms with Gasteiger partial charge in [-0.2, -0.15) is 5.10 Å². The van der Waals surface area contributed by atoms with Crippen LogP contribution in [0, 0.1) is 17.0 Å². The Balaban J connectivity index is 1.81. The second-order valence-electron chi connectivity index (χ2n) is 7.65. The molecule has 0 amide bonds. The first kappa shape index (κ1) is 22.1. The minimum absolute atomic E-state index is 0.0232. The van der Waals surface area contributed by atoms with Crippen LogP contribution >= 0.6 is 0 Å². The Morgan fingerprint density at radius 3 is 2.48 bits per heavy atom. The molecule has 0 saturated carbocycles. The highest BCUT2D eigenvalue weighted by molar-refractivity contribution is 5.95. The van der Waals surface area contributed by atoms with E-state index < -0.39 is 17.5 Å². The fourth-order valence-corrected chi connectivity index (χ4v) is 3.61. The van der Waals surface area contributed by atoms with E-state index in [1.165, 1.54) is 0 Å². The summed E-state index contributed by atoms with van der Waals surface area (Å²) in [6.07, 6.45) is 0.796. The zero-order valence-corrected chi connectivity index (χ0v) is 18.4. The molecule has 168 valence electrons. The Hall–Kier alpha value is -4.07. The van der Waals surface area contributed by atoms with Gasteiger partial charge in [-0.15, -0.1) is 0 Å². The summed E-state index contributed by atoms with van der Waals surface area (Å²) in [6, 6.07) is 19.2. The zero-order valence-electron chi connectivity index (χ0n) is 18.4. The quantitative estimate of drug-likeness (QED) is 0.311. The Kier molecular flexibility index (Phi) is 6.17. The molecule has 3 N–H and O–H groups in total. The van der Waals surface area contributed by atoms with Crippen LogP contribution in [-0.4, -0.2) is 20.6 Å². The van der Waals surface area contributed by atoms with Crippen molar-refractivity contribution in [3.8, 4) is 11.4 Å². The predicted octanol–water partition coefficient (Wildman–Crippen LogP) is 4.95. The number of benzene rings is 3. The molecule has 0 aliphatic carbocycles. The number of hydrogen-bond acceptors (Lipinski definition) is 4. The molecule has 0 fully saturated rings. The number of nitrogens with two attached hydrogens (primary N) is 1. The van der Waals surface area contributed by atoms with E-state index >= 15 is 4.39 Å². The summed E-state index contributed by atoms with van der Waals surface area (Å²) in [6.45, 7) is 2.18. The zero-order chi connectivity index (χ0) is 23.5. The van der Waals surface area contributed by atoms with Crippen molar-refractivity contribution in [2.45, 2.75) is 19.9 Å². The van der Waals surface area contributed by atoms with Crippen molar-refractivity contribution in [3.63, 3.8) is 0 Å². The number of anilines is 2. The lowest BCUT2D eigenvalue weighted by Crippen LogP contribution is -2.22. The van der Waals surface area contributed by atoms with Crippen molar-refractivity contribution in [1.82, 2.24) is 14.8 Å². The average Bonchev–Trinajstić information content (AvgIpc) is 3.19. The van der Waals surface area contributed by atoms with Crippen LogP contribution in [0.3, 0.4) is 0 Å². The van der Waals surface area contributed by atoms with E-state index in [0.717, 1.165) is 29.7 Å². The Labute approximate surface area is 190 Å². The van der Waals surface area contributed by atoms with Crippen molar-refractivity contribution in [2.24, 2.45) is 12.8 Å². The van der Waals surface area contributed by atoms with Gasteiger partial charge >= 0.3 is 0 Å². The fourth-order valence-electron chi connectivity index (χ4n) is 3.61. The van der Waals surface area contributed by atoms with Crippen molar-refractivity contribution in [1.29, 1.82) is 5.41 Å². The van der Waals surface area contributed by atoms with Crippen molar-refractivity contribution in [2.75, 3.05) is 4.90 Å². The summed E-state index contributed by atoms with van der Waals surface area (Å²) < 4.78 is 31.5. The highest BCUT2D eigenvalue weighted by Crippen LogP contribution is 2.32.